The van der Waals surface area contributed by atoms with Crippen molar-refractivity contribution in [3.63, 3.8) is 0 Å². The molecule has 0 saturated heterocycles. The summed E-state index contributed by atoms with van der Waals surface area (Å²) < 4.78 is 0. The number of nitrogens with one attached hydrogen (secondary N) is 2. The molecular formula is C23H31N5O2. The van der Waals surface area contributed by atoms with Crippen LogP contribution >= 0.6 is 0 Å². The Morgan fingerprint density at radius 1 is 1.13 bits per heavy atom. The summed E-state index contributed by atoms with van der Waals surface area (Å²) in [5.74, 6) is 0.799. The Balaban J connectivity index is 1.59. The molecule has 1 aliphatic heterocycles. The first kappa shape index (κ1) is 21.6. The van der Waals surface area contributed by atoms with Crippen molar-refractivity contribution in [1.29, 1.82) is 0 Å². The topological polar surface area (TPSA) is 77.6 Å². The number of benzene rings is 1. The maximum Gasteiger partial charge on any atom is 0.273 e. The first-order chi connectivity index (χ1) is 14.3. The molecule has 0 spiro atoms. The SMILES string of the molecule is CC(C)CNc1ccc2c(n1)C(=O)N([C@H](C)C(=O)NCc1ccc(N(C)C)cc1)C2. The van der Waals surface area contributed by atoms with Gasteiger partial charge in [-0.1, -0.05) is 32.0 Å². The lowest BCUT2D eigenvalue weighted by molar-refractivity contribution is -0.125. The summed E-state index contributed by atoms with van der Waals surface area (Å²) in [5, 5.41) is 6.18. The summed E-state index contributed by atoms with van der Waals surface area (Å²) in [5.41, 5.74) is 3.41. The largest absolute Gasteiger partial charge is 0.378 e. The van der Waals surface area contributed by atoms with Crippen LogP contribution in [0.4, 0.5) is 11.5 Å². The molecule has 0 bridgehead atoms. The number of pyridine rings is 1. The minimum atomic E-state index is -0.570. The van der Waals surface area contributed by atoms with Crippen LogP contribution in [0.2, 0.25) is 0 Å². The van der Waals surface area contributed by atoms with Gasteiger partial charge in [-0.3, -0.25) is 9.59 Å². The maximum absolute atomic E-state index is 12.9. The standard InChI is InChI=1S/C23H31N5O2/c1-15(2)12-24-20-11-8-18-14-28(23(30)21(18)26-20)16(3)22(29)25-13-17-6-9-19(10-7-17)27(4)5/h6-11,15-16H,12-14H2,1-5H3,(H,24,26)(H,25,29)/t16-/m1/s1. The van der Waals surface area contributed by atoms with Crippen LogP contribution in [0.25, 0.3) is 0 Å². The molecule has 0 unspecified atom stereocenters. The number of carbonyl (C=O) groups is 2. The molecule has 1 atom stereocenters. The summed E-state index contributed by atoms with van der Waals surface area (Å²) >= 11 is 0. The number of hydrogen-bond acceptors (Lipinski definition) is 5. The quantitative estimate of drug-likeness (QED) is 0.701. The van der Waals surface area contributed by atoms with Crippen molar-refractivity contribution in [1.82, 2.24) is 15.2 Å². The fourth-order valence-corrected chi connectivity index (χ4v) is 3.30. The van der Waals surface area contributed by atoms with Gasteiger partial charge in [0.2, 0.25) is 5.91 Å². The van der Waals surface area contributed by atoms with Crippen LogP contribution < -0.4 is 15.5 Å². The number of aromatic nitrogens is 1. The van der Waals surface area contributed by atoms with Crippen molar-refractivity contribution in [3.8, 4) is 0 Å². The van der Waals surface area contributed by atoms with E-state index in [4.69, 9.17) is 0 Å². The second-order valence-electron chi connectivity index (χ2n) is 8.37. The van der Waals surface area contributed by atoms with Gasteiger partial charge in [0.05, 0.1) is 0 Å². The number of hydrogen-bond donors (Lipinski definition) is 2. The van der Waals surface area contributed by atoms with Gasteiger partial charge in [-0.25, -0.2) is 4.98 Å². The number of fused-ring (bicyclic) bond motifs is 1. The monoisotopic (exact) mass is 409 g/mol. The van der Waals surface area contributed by atoms with Crippen LogP contribution in [-0.2, 0) is 17.9 Å². The van der Waals surface area contributed by atoms with Gasteiger partial charge in [0, 0.05) is 45.0 Å². The summed E-state index contributed by atoms with van der Waals surface area (Å²) in [6, 6.07) is 11.3. The van der Waals surface area contributed by atoms with Crippen LogP contribution in [0.1, 0.15) is 42.4 Å². The van der Waals surface area contributed by atoms with E-state index in [9.17, 15) is 9.59 Å². The van der Waals surface area contributed by atoms with E-state index in [1.807, 2.05) is 55.4 Å². The molecule has 2 aromatic rings. The third-order valence-electron chi connectivity index (χ3n) is 5.24. The molecule has 7 heteroatoms. The highest BCUT2D eigenvalue weighted by molar-refractivity contribution is 5.99. The van der Waals surface area contributed by atoms with Crippen LogP contribution in [0.5, 0.6) is 0 Å². The van der Waals surface area contributed by atoms with Gasteiger partial charge in [-0.2, -0.15) is 0 Å². The molecule has 2 heterocycles. The molecule has 30 heavy (non-hydrogen) atoms. The molecule has 7 nitrogen and oxygen atoms in total. The van der Waals surface area contributed by atoms with Crippen molar-refractivity contribution >= 4 is 23.3 Å². The smallest absolute Gasteiger partial charge is 0.273 e. The zero-order valence-electron chi connectivity index (χ0n) is 18.4. The minimum absolute atomic E-state index is 0.175. The molecule has 0 saturated carbocycles. The van der Waals surface area contributed by atoms with E-state index in [0.29, 0.717) is 30.5 Å². The molecule has 0 aliphatic carbocycles. The van der Waals surface area contributed by atoms with Crippen molar-refractivity contribution in [2.75, 3.05) is 30.9 Å². The van der Waals surface area contributed by atoms with Crippen molar-refractivity contribution in [2.45, 2.75) is 39.9 Å². The molecule has 0 radical (unpaired) electrons. The second kappa shape index (κ2) is 9.15. The Morgan fingerprint density at radius 2 is 1.83 bits per heavy atom. The van der Waals surface area contributed by atoms with Crippen LogP contribution in [0.3, 0.4) is 0 Å². The lowest BCUT2D eigenvalue weighted by atomic mass is 10.2. The summed E-state index contributed by atoms with van der Waals surface area (Å²) in [6.45, 7) is 7.60. The highest BCUT2D eigenvalue weighted by Crippen LogP contribution is 2.25. The molecule has 3 rings (SSSR count). The van der Waals surface area contributed by atoms with Crippen LogP contribution in [0.15, 0.2) is 36.4 Å². The zero-order valence-corrected chi connectivity index (χ0v) is 18.4. The van der Waals surface area contributed by atoms with E-state index in [0.717, 1.165) is 23.4 Å². The molecule has 160 valence electrons. The normalized spacial score (nSPS) is 13.9. The van der Waals surface area contributed by atoms with E-state index in [1.54, 1.807) is 11.8 Å². The summed E-state index contributed by atoms with van der Waals surface area (Å²) in [4.78, 5) is 33.6. The van der Waals surface area contributed by atoms with Gasteiger partial charge in [-0.05, 0) is 36.6 Å². The molecule has 1 aromatic carbocycles. The lowest BCUT2D eigenvalue weighted by Gasteiger charge is -2.23. The van der Waals surface area contributed by atoms with Gasteiger partial charge >= 0.3 is 0 Å². The summed E-state index contributed by atoms with van der Waals surface area (Å²) in [7, 11) is 3.98. The number of nitrogens with zero attached hydrogens (tertiary/aromatic N) is 3. The molecule has 1 aliphatic rings. The number of anilines is 2. The highest BCUT2D eigenvalue weighted by Gasteiger charge is 2.35. The zero-order chi connectivity index (χ0) is 21.8. The van der Waals surface area contributed by atoms with Gasteiger partial charge < -0.3 is 20.4 Å². The van der Waals surface area contributed by atoms with Crippen LogP contribution in [0, 0.1) is 5.92 Å². The summed E-state index contributed by atoms with van der Waals surface area (Å²) in [6.07, 6.45) is 0. The number of amides is 2. The Kier molecular flexibility index (Phi) is 6.59. The number of rotatable bonds is 8. The van der Waals surface area contributed by atoms with Crippen molar-refractivity contribution in [2.24, 2.45) is 5.92 Å². The first-order valence-electron chi connectivity index (χ1n) is 10.3. The Hall–Kier alpha value is -3.09. The molecule has 2 N–H and O–H groups in total. The minimum Gasteiger partial charge on any atom is -0.378 e. The molecule has 2 amide bonds. The van der Waals surface area contributed by atoms with E-state index in [2.05, 4.69) is 29.5 Å². The van der Waals surface area contributed by atoms with Crippen LogP contribution in [-0.4, -0.2) is 48.4 Å². The van der Waals surface area contributed by atoms with Gasteiger partial charge in [-0.15, -0.1) is 0 Å². The van der Waals surface area contributed by atoms with Crippen molar-refractivity contribution < 1.29 is 9.59 Å². The predicted molar refractivity (Wildman–Crippen MR) is 120 cm³/mol. The van der Waals surface area contributed by atoms with Gasteiger partial charge in [0.1, 0.15) is 17.6 Å². The van der Waals surface area contributed by atoms with Gasteiger partial charge in [0.25, 0.3) is 5.91 Å². The van der Waals surface area contributed by atoms with E-state index in [-0.39, 0.29) is 11.8 Å². The number of carbonyl (C=O) groups excluding carboxylic acids is 2. The average molecular weight is 410 g/mol. The van der Waals surface area contributed by atoms with Crippen molar-refractivity contribution in [3.05, 3.63) is 53.2 Å². The molecule has 1 aromatic heterocycles. The Morgan fingerprint density at radius 3 is 2.47 bits per heavy atom. The Labute approximate surface area is 178 Å². The maximum atomic E-state index is 12.9. The van der Waals surface area contributed by atoms with Gasteiger partial charge in [0.15, 0.2) is 0 Å². The molecular weight excluding hydrogens is 378 g/mol. The Bertz CT molecular complexity index is 908. The first-order valence-corrected chi connectivity index (χ1v) is 10.3. The van der Waals surface area contributed by atoms with E-state index in [1.165, 1.54) is 0 Å². The average Bonchev–Trinajstić information content (AvgIpc) is 3.06. The van der Waals surface area contributed by atoms with E-state index < -0.39 is 6.04 Å². The second-order valence-corrected chi connectivity index (χ2v) is 8.37. The highest BCUT2D eigenvalue weighted by atomic mass is 16.2. The predicted octanol–water partition coefficient (Wildman–Crippen LogP) is 2.88. The fourth-order valence-electron chi connectivity index (χ4n) is 3.30. The third kappa shape index (κ3) is 4.90. The molecule has 0 fully saturated rings. The fraction of sp³-hybridized carbons (Fsp3) is 0.435. The lowest BCUT2D eigenvalue weighted by Crippen LogP contribution is -2.45. The third-order valence-corrected chi connectivity index (χ3v) is 5.24. The van der Waals surface area contributed by atoms with E-state index >= 15 is 0 Å².